The molecule has 0 aromatic rings. The van der Waals surface area contributed by atoms with Gasteiger partial charge in [-0.15, -0.1) is 0 Å². The van der Waals surface area contributed by atoms with Gasteiger partial charge in [0.05, 0.1) is 11.6 Å². The molecule has 26 heavy (non-hydrogen) atoms. The predicted molar refractivity (Wildman–Crippen MR) is 92.2 cm³/mol. The van der Waals surface area contributed by atoms with Crippen LogP contribution in [0.15, 0.2) is 28.9 Å². The van der Waals surface area contributed by atoms with E-state index in [0.717, 1.165) is 23.3 Å². The first-order valence-electron chi connectivity index (χ1n) is 8.64. The molecule has 0 radical (unpaired) electrons. The molecule has 0 aromatic carbocycles. The molecule has 1 N–H and O–H groups in total. The number of likely N-dealkylation sites (tertiary alicyclic amines) is 1. The van der Waals surface area contributed by atoms with Crippen LogP contribution in [0.3, 0.4) is 0 Å². The zero-order chi connectivity index (χ0) is 19.5. The van der Waals surface area contributed by atoms with E-state index in [1.165, 1.54) is 0 Å². The molecule has 1 fully saturated rings. The number of nitrogens with one attached hydrogen (secondary N) is 1. The maximum Gasteiger partial charge on any atom is 0.471 e. The predicted octanol–water partition coefficient (Wildman–Crippen LogP) is 3.19. The maximum atomic E-state index is 12.6. The number of piperidine rings is 1. The van der Waals surface area contributed by atoms with E-state index in [9.17, 15) is 22.8 Å². The zero-order valence-electron chi connectivity index (χ0n) is 15.0. The van der Waals surface area contributed by atoms with Gasteiger partial charge in [-0.3, -0.25) is 9.59 Å². The fourth-order valence-corrected chi connectivity index (χ4v) is 3.19. The molecule has 0 saturated carbocycles. The molecule has 144 valence electrons. The Morgan fingerprint density at radius 2 is 2.04 bits per heavy atom. The van der Waals surface area contributed by atoms with Crippen molar-refractivity contribution in [1.82, 2.24) is 10.3 Å². The lowest BCUT2D eigenvalue weighted by Crippen LogP contribution is -2.49. The second-order valence-corrected chi connectivity index (χ2v) is 6.99. The van der Waals surface area contributed by atoms with Crippen molar-refractivity contribution in [3.8, 4) is 0 Å². The minimum atomic E-state index is -4.92. The minimum absolute atomic E-state index is 0.0127. The number of carbonyl (C=O) groups excluding carboxylic acids is 2. The molecular weight excluding hydrogens is 347 g/mol. The van der Waals surface area contributed by atoms with Gasteiger partial charge in [0, 0.05) is 13.1 Å². The van der Waals surface area contributed by atoms with E-state index in [-0.39, 0.29) is 19.0 Å². The minimum Gasteiger partial charge on any atom is -0.334 e. The number of allylic oxidation sites excluding steroid dienone is 3. The van der Waals surface area contributed by atoms with Crippen LogP contribution in [0.1, 0.15) is 39.5 Å². The summed E-state index contributed by atoms with van der Waals surface area (Å²) in [4.78, 5) is 24.4. The van der Waals surface area contributed by atoms with Crippen molar-refractivity contribution in [3.05, 3.63) is 23.8 Å². The van der Waals surface area contributed by atoms with E-state index in [1.807, 2.05) is 19.9 Å². The van der Waals surface area contributed by atoms with Gasteiger partial charge in [-0.1, -0.05) is 18.2 Å². The van der Waals surface area contributed by atoms with E-state index in [4.69, 9.17) is 0 Å². The Balaban J connectivity index is 1.99. The third-order valence-corrected chi connectivity index (χ3v) is 4.92. The van der Waals surface area contributed by atoms with E-state index in [2.05, 4.69) is 17.1 Å². The molecule has 0 bridgehead atoms. The summed E-state index contributed by atoms with van der Waals surface area (Å²) in [6.45, 7) is 7.58. The lowest BCUT2D eigenvalue weighted by molar-refractivity contribution is -0.187. The van der Waals surface area contributed by atoms with E-state index in [0.29, 0.717) is 24.2 Å². The maximum absolute atomic E-state index is 12.6. The van der Waals surface area contributed by atoms with Crippen LogP contribution in [-0.2, 0) is 9.59 Å². The van der Waals surface area contributed by atoms with Crippen LogP contribution >= 0.6 is 0 Å². The smallest absolute Gasteiger partial charge is 0.334 e. The fourth-order valence-electron chi connectivity index (χ4n) is 3.19. The summed E-state index contributed by atoms with van der Waals surface area (Å²) < 4.78 is 37.7. The van der Waals surface area contributed by atoms with Crippen LogP contribution in [-0.4, -0.2) is 41.7 Å². The standard InChI is InChI=1S/C18H24F3N3O2/c1-11(2)13-7-6-12(3)15(9-13)22-23-16(25)14-5-4-8-24(10-14)17(26)18(19,20)21/h6,13-14H,1,4-5,7-10H2,2-3H3,(H,23,25)/b22-15-/t13-,14+/m1/s1. The number of amides is 2. The molecule has 1 saturated heterocycles. The molecule has 0 aromatic heterocycles. The summed E-state index contributed by atoms with van der Waals surface area (Å²) in [6.07, 6.45) is -0.542. The van der Waals surface area contributed by atoms with E-state index >= 15 is 0 Å². The SMILES string of the molecule is C=C(C)[C@@H]1CC=C(C)/C(=N\NC(=O)[C@H]2CCCN(C(=O)C(F)(F)F)C2)C1. The molecule has 5 nitrogen and oxygen atoms in total. The van der Waals surface area contributed by atoms with E-state index < -0.39 is 23.9 Å². The average Bonchev–Trinajstić information content (AvgIpc) is 2.59. The van der Waals surface area contributed by atoms with Gasteiger partial charge in [0.15, 0.2) is 0 Å². The molecule has 2 atom stereocenters. The molecule has 8 heteroatoms. The number of nitrogens with zero attached hydrogens (tertiary/aromatic N) is 2. The summed E-state index contributed by atoms with van der Waals surface area (Å²) in [6, 6.07) is 0. The van der Waals surface area contributed by atoms with Crippen LogP contribution in [0.25, 0.3) is 0 Å². The van der Waals surface area contributed by atoms with Crippen molar-refractivity contribution < 1.29 is 22.8 Å². The van der Waals surface area contributed by atoms with Gasteiger partial charge < -0.3 is 4.90 Å². The van der Waals surface area contributed by atoms with Crippen LogP contribution in [0.4, 0.5) is 13.2 Å². The topological polar surface area (TPSA) is 61.8 Å². The number of hydrazone groups is 1. The van der Waals surface area contributed by atoms with Crippen molar-refractivity contribution in [2.24, 2.45) is 16.9 Å². The summed E-state index contributed by atoms with van der Waals surface area (Å²) in [5, 5.41) is 4.17. The highest BCUT2D eigenvalue weighted by Gasteiger charge is 2.44. The lowest BCUT2D eigenvalue weighted by Gasteiger charge is -2.32. The number of carbonyl (C=O) groups is 2. The molecule has 2 amide bonds. The Morgan fingerprint density at radius 1 is 1.35 bits per heavy atom. The third kappa shape index (κ3) is 4.95. The monoisotopic (exact) mass is 371 g/mol. The Bertz CT molecular complexity index is 653. The lowest BCUT2D eigenvalue weighted by atomic mass is 9.85. The van der Waals surface area contributed by atoms with Crippen LogP contribution < -0.4 is 5.43 Å². The quantitative estimate of drug-likeness (QED) is 0.612. The highest BCUT2D eigenvalue weighted by Crippen LogP contribution is 2.27. The Hall–Kier alpha value is -2.12. The van der Waals surface area contributed by atoms with Crippen molar-refractivity contribution in [2.75, 3.05) is 13.1 Å². The fraction of sp³-hybridized carbons (Fsp3) is 0.611. The number of alkyl halides is 3. The van der Waals surface area contributed by atoms with Crippen LogP contribution in [0, 0.1) is 11.8 Å². The summed E-state index contributed by atoms with van der Waals surface area (Å²) in [5.74, 6) is -2.77. The molecule has 0 spiro atoms. The Kier molecular flexibility index (Phi) is 6.26. The molecular formula is C18H24F3N3O2. The normalized spacial score (nSPS) is 25.7. The van der Waals surface area contributed by atoms with E-state index in [1.54, 1.807) is 0 Å². The molecule has 1 aliphatic carbocycles. The van der Waals surface area contributed by atoms with Crippen molar-refractivity contribution in [2.45, 2.75) is 45.7 Å². The average molecular weight is 371 g/mol. The molecule has 0 unspecified atom stereocenters. The number of hydrogen-bond donors (Lipinski definition) is 1. The van der Waals surface area contributed by atoms with Crippen molar-refractivity contribution in [1.29, 1.82) is 0 Å². The van der Waals surface area contributed by atoms with Gasteiger partial charge in [-0.2, -0.15) is 18.3 Å². The molecule has 1 aliphatic heterocycles. The molecule has 2 rings (SSSR count). The number of halogens is 3. The van der Waals surface area contributed by atoms with Gasteiger partial charge in [0.1, 0.15) is 0 Å². The largest absolute Gasteiger partial charge is 0.471 e. The van der Waals surface area contributed by atoms with Gasteiger partial charge in [-0.05, 0) is 51.0 Å². The summed E-state index contributed by atoms with van der Waals surface area (Å²) in [5.41, 5.74) is 5.23. The number of rotatable bonds is 3. The van der Waals surface area contributed by atoms with Gasteiger partial charge in [0.25, 0.3) is 0 Å². The van der Waals surface area contributed by atoms with Gasteiger partial charge in [0.2, 0.25) is 5.91 Å². The Labute approximate surface area is 151 Å². The number of hydrogen-bond acceptors (Lipinski definition) is 3. The second kappa shape index (κ2) is 8.05. The van der Waals surface area contributed by atoms with Gasteiger partial charge >= 0.3 is 12.1 Å². The first-order chi connectivity index (χ1) is 12.1. The highest BCUT2D eigenvalue weighted by molar-refractivity contribution is 6.01. The zero-order valence-corrected chi connectivity index (χ0v) is 15.0. The molecule has 1 heterocycles. The second-order valence-electron chi connectivity index (χ2n) is 6.99. The highest BCUT2D eigenvalue weighted by atomic mass is 19.4. The van der Waals surface area contributed by atoms with Gasteiger partial charge in [-0.25, -0.2) is 5.43 Å². The summed E-state index contributed by atoms with van der Waals surface area (Å²) >= 11 is 0. The first-order valence-corrected chi connectivity index (χ1v) is 8.64. The van der Waals surface area contributed by atoms with Crippen molar-refractivity contribution in [3.63, 3.8) is 0 Å². The van der Waals surface area contributed by atoms with Crippen LogP contribution in [0.5, 0.6) is 0 Å². The Morgan fingerprint density at radius 3 is 2.65 bits per heavy atom. The van der Waals surface area contributed by atoms with Crippen LogP contribution in [0.2, 0.25) is 0 Å². The third-order valence-electron chi connectivity index (χ3n) is 4.92. The summed E-state index contributed by atoms with van der Waals surface area (Å²) in [7, 11) is 0. The first kappa shape index (κ1) is 20.2. The van der Waals surface area contributed by atoms with Crippen molar-refractivity contribution >= 4 is 17.5 Å². The molecule has 2 aliphatic rings.